The molecule has 102 valence electrons. The second-order valence-corrected chi connectivity index (χ2v) is 6.09. The van der Waals surface area contributed by atoms with Crippen LogP contribution in [-0.2, 0) is 10.0 Å². The molecule has 0 radical (unpaired) electrons. The molecule has 6 nitrogen and oxygen atoms in total. The van der Waals surface area contributed by atoms with Gasteiger partial charge >= 0.3 is 0 Å². The number of nitrogen functional groups attached to an aromatic ring is 1. The maximum absolute atomic E-state index is 11.2. The van der Waals surface area contributed by atoms with Gasteiger partial charge in [-0.3, -0.25) is 0 Å². The summed E-state index contributed by atoms with van der Waals surface area (Å²) in [5.41, 5.74) is 6.41. The number of aliphatic hydroxyl groups excluding tert-OH is 1. The Labute approximate surface area is 107 Å². The smallest absolute Gasteiger partial charge is 0.238 e. The zero-order valence-corrected chi connectivity index (χ0v) is 11.2. The molecule has 1 rings (SSSR count). The van der Waals surface area contributed by atoms with Crippen LogP contribution in [0.3, 0.4) is 0 Å². The van der Waals surface area contributed by atoms with Crippen molar-refractivity contribution >= 4 is 21.4 Å². The largest absolute Gasteiger partial charge is 0.399 e. The third-order valence-electron chi connectivity index (χ3n) is 2.54. The van der Waals surface area contributed by atoms with Gasteiger partial charge in [0, 0.05) is 17.9 Å². The highest BCUT2D eigenvalue weighted by atomic mass is 32.2. The summed E-state index contributed by atoms with van der Waals surface area (Å²) in [6, 6.07) is 4.26. The molecular formula is C11H19N3O3S. The molecule has 0 amide bonds. The quantitative estimate of drug-likeness (QED) is 0.577. The minimum atomic E-state index is -3.79. The average Bonchev–Trinajstić information content (AvgIpc) is 2.23. The Morgan fingerprint density at radius 3 is 2.44 bits per heavy atom. The first kappa shape index (κ1) is 14.7. The summed E-state index contributed by atoms with van der Waals surface area (Å²) in [6.45, 7) is 4.09. The predicted octanol–water partition coefficient (Wildman–Crippen LogP) is 0.345. The van der Waals surface area contributed by atoms with Gasteiger partial charge in [0.05, 0.1) is 11.0 Å². The van der Waals surface area contributed by atoms with Crippen LogP contribution in [0.25, 0.3) is 0 Å². The van der Waals surface area contributed by atoms with Gasteiger partial charge in [-0.15, -0.1) is 0 Å². The van der Waals surface area contributed by atoms with Crippen molar-refractivity contribution in [2.24, 2.45) is 11.1 Å². The van der Waals surface area contributed by atoms with Crippen LogP contribution in [0, 0.1) is 5.92 Å². The van der Waals surface area contributed by atoms with E-state index in [-0.39, 0.29) is 10.8 Å². The third-order valence-corrected chi connectivity index (χ3v) is 3.44. The number of benzene rings is 1. The van der Waals surface area contributed by atoms with Crippen LogP contribution in [0.2, 0.25) is 0 Å². The number of hydrogen-bond acceptors (Lipinski definition) is 5. The van der Waals surface area contributed by atoms with Crippen molar-refractivity contribution in [3.8, 4) is 0 Å². The predicted molar refractivity (Wildman–Crippen MR) is 71.6 cm³/mol. The monoisotopic (exact) mass is 273 g/mol. The van der Waals surface area contributed by atoms with E-state index in [1.54, 1.807) is 6.07 Å². The summed E-state index contributed by atoms with van der Waals surface area (Å²) in [6.07, 6.45) is -0.524. The number of nitrogens with two attached hydrogens (primary N) is 2. The van der Waals surface area contributed by atoms with Crippen molar-refractivity contribution in [1.29, 1.82) is 0 Å². The van der Waals surface area contributed by atoms with Gasteiger partial charge in [0.2, 0.25) is 10.0 Å². The summed E-state index contributed by atoms with van der Waals surface area (Å²) in [5.74, 6) is 0.108. The van der Waals surface area contributed by atoms with E-state index < -0.39 is 16.1 Å². The molecule has 0 aliphatic heterocycles. The Hall–Kier alpha value is -1.31. The SMILES string of the molecule is CC(C)C(O)CNc1cc(N)cc(S(N)(=O)=O)c1. The zero-order valence-electron chi connectivity index (χ0n) is 10.4. The maximum Gasteiger partial charge on any atom is 0.238 e. The minimum Gasteiger partial charge on any atom is -0.399 e. The van der Waals surface area contributed by atoms with Crippen molar-refractivity contribution < 1.29 is 13.5 Å². The van der Waals surface area contributed by atoms with E-state index in [4.69, 9.17) is 10.9 Å². The van der Waals surface area contributed by atoms with Gasteiger partial charge in [0.15, 0.2) is 0 Å². The summed E-state index contributed by atoms with van der Waals surface area (Å²) in [7, 11) is -3.79. The van der Waals surface area contributed by atoms with Gasteiger partial charge in [-0.25, -0.2) is 13.6 Å². The second-order valence-electron chi connectivity index (χ2n) is 4.53. The normalized spacial score (nSPS) is 13.6. The highest BCUT2D eigenvalue weighted by Crippen LogP contribution is 2.19. The summed E-state index contributed by atoms with van der Waals surface area (Å²) in [5, 5.41) is 17.6. The summed E-state index contributed by atoms with van der Waals surface area (Å²) >= 11 is 0. The van der Waals surface area contributed by atoms with Crippen LogP contribution >= 0.6 is 0 Å². The van der Waals surface area contributed by atoms with Gasteiger partial charge in [0.25, 0.3) is 0 Å². The van der Waals surface area contributed by atoms with E-state index in [9.17, 15) is 13.5 Å². The van der Waals surface area contributed by atoms with E-state index in [1.807, 2.05) is 13.8 Å². The number of hydrogen-bond donors (Lipinski definition) is 4. The van der Waals surface area contributed by atoms with Crippen molar-refractivity contribution in [3.05, 3.63) is 18.2 Å². The number of nitrogens with one attached hydrogen (secondary N) is 1. The topological polar surface area (TPSA) is 118 Å². The molecule has 7 heteroatoms. The van der Waals surface area contributed by atoms with Gasteiger partial charge in [0.1, 0.15) is 0 Å². The standard InChI is InChI=1S/C11H19N3O3S/c1-7(2)11(15)6-14-9-3-8(12)4-10(5-9)18(13,16)17/h3-5,7,11,14-15H,6,12H2,1-2H3,(H2,13,16,17). The van der Waals surface area contributed by atoms with Gasteiger partial charge in [-0.2, -0.15) is 0 Å². The van der Waals surface area contributed by atoms with Gasteiger partial charge < -0.3 is 16.2 Å². The molecule has 0 aliphatic carbocycles. The Morgan fingerprint density at radius 1 is 1.33 bits per heavy atom. The Morgan fingerprint density at radius 2 is 1.94 bits per heavy atom. The van der Waals surface area contributed by atoms with Crippen LogP contribution in [-0.4, -0.2) is 26.2 Å². The number of anilines is 2. The molecule has 0 spiro atoms. The first-order valence-corrected chi connectivity index (χ1v) is 7.10. The van der Waals surface area contributed by atoms with Gasteiger partial charge in [-0.05, 0) is 24.1 Å². The number of sulfonamides is 1. The molecule has 0 aliphatic rings. The van der Waals surface area contributed by atoms with Crippen LogP contribution in [0.15, 0.2) is 23.1 Å². The highest BCUT2D eigenvalue weighted by molar-refractivity contribution is 7.89. The molecule has 0 saturated heterocycles. The second kappa shape index (κ2) is 5.55. The lowest BCUT2D eigenvalue weighted by Crippen LogP contribution is -2.25. The molecular weight excluding hydrogens is 254 g/mol. The maximum atomic E-state index is 11.2. The fraction of sp³-hybridized carbons (Fsp3) is 0.455. The molecule has 0 heterocycles. The lowest BCUT2D eigenvalue weighted by molar-refractivity contribution is 0.138. The molecule has 0 fully saturated rings. The van der Waals surface area contributed by atoms with Crippen molar-refractivity contribution in [3.63, 3.8) is 0 Å². The average molecular weight is 273 g/mol. The van der Waals surface area contributed by atoms with E-state index in [1.165, 1.54) is 12.1 Å². The fourth-order valence-electron chi connectivity index (χ4n) is 1.35. The van der Waals surface area contributed by atoms with Crippen LogP contribution in [0.1, 0.15) is 13.8 Å². The lowest BCUT2D eigenvalue weighted by atomic mass is 10.1. The van der Waals surface area contributed by atoms with Crippen LogP contribution in [0.5, 0.6) is 0 Å². The van der Waals surface area contributed by atoms with Crippen LogP contribution in [0.4, 0.5) is 11.4 Å². The minimum absolute atomic E-state index is 0.0518. The van der Waals surface area contributed by atoms with E-state index >= 15 is 0 Å². The van der Waals surface area contributed by atoms with E-state index in [0.717, 1.165) is 0 Å². The highest BCUT2D eigenvalue weighted by Gasteiger charge is 2.12. The summed E-state index contributed by atoms with van der Waals surface area (Å²) in [4.78, 5) is -0.0518. The van der Waals surface area contributed by atoms with Crippen molar-refractivity contribution in [1.82, 2.24) is 0 Å². The fourth-order valence-corrected chi connectivity index (χ4v) is 1.94. The first-order valence-electron chi connectivity index (χ1n) is 5.55. The van der Waals surface area contributed by atoms with E-state index in [2.05, 4.69) is 5.32 Å². The zero-order chi connectivity index (χ0) is 13.9. The molecule has 6 N–H and O–H groups in total. The molecule has 1 aromatic carbocycles. The number of aliphatic hydroxyl groups is 1. The molecule has 1 aromatic rings. The third kappa shape index (κ3) is 4.17. The Balaban J connectivity index is 2.88. The first-order chi connectivity index (χ1) is 8.20. The Bertz CT molecular complexity index is 514. The molecule has 1 unspecified atom stereocenters. The van der Waals surface area contributed by atoms with Crippen molar-refractivity contribution in [2.75, 3.05) is 17.6 Å². The van der Waals surface area contributed by atoms with Crippen molar-refractivity contribution in [2.45, 2.75) is 24.8 Å². The Kier molecular flexibility index (Phi) is 4.55. The molecule has 0 saturated carbocycles. The lowest BCUT2D eigenvalue weighted by Gasteiger charge is -2.16. The molecule has 0 aromatic heterocycles. The molecule has 18 heavy (non-hydrogen) atoms. The summed E-state index contributed by atoms with van der Waals surface area (Å²) < 4.78 is 22.5. The number of rotatable bonds is 5. The van der Waals surface area contributed by atoms with Crippen LogP contribution < -0.4 is 16.2 Å². The van der Waals surface area contributed by atoms with E-state index in [0.29, 0.717) is 17.9 Å². The number of primary sulfonamides is 1. The molecule has 1 atom stereocenters. The molecule has 0 bridgehead atoms. The van der Waals surface area contributed by atoms with Gasteiger partial charge in [-0.1, -0.05) is 13.8 Å².